The third kappa shape index (κ3) is 8.03. The molecule has 0 spiro atoms. The maximum absolute atomic E-state index is 3.95. The lowest BCUT2D eigenvalue weighted by Crippen LogP contribution is -1.96. The van der Waals surface area contributed by atoms with Gasteiger partial charge in [-0.3, -0.25) is 0 Å². The lowest BCUT2D eigenvalue weighted by molar-refractivity contribution is 0.592. The van der Waals surface area contributed by atoms with Crippen LogP contribution in [0.1, 0.15) is 46.5 Å². The fourth-order valence-electron chi connectivity index (χ4n) is 1.55. The van der Waals surface area contributed by atoms with E-state index >= 15 is 0 Å². The average Bonchev–Trinajstić information content (AvgIpc) is 2.16. The summed E-state index contributed by atoms with van der Waals surface area (Å²) >= 11 is 0. The smallest absolute Gasteiger partial charge is 0.0118 e. The summed E-state index contributed by atoms with van der Waals surface area (Å²) < 4.78 is 0. The molecule has 0 aromatic carbocycles. The van der Waals surface area contributed by atoms with Gasteiger partial charge >= 0.3 is 0 Å². The Balaban J connectivity index is 4.07. The molecule has 0 rings (SSSR count). The van der Waals surface area contributed by atoms with Crippen molar-refractivity contribution < 1.29 is 0 Å². The standard InChI is InChI=1S/C15H24/c1-6-9-15(12-13(3)4)11-8-10-14(5)7-2/h9-10,15H,1,3,7-8,11-12H2,2,4-5H3. The van der Waals surface area contributed by atoms with Crippen LogP contribution in [0, 0.1) is 5.92 Å². The Morgan fingerprint density at radius 2 is 2.07 bits per heavy atom. The first-order chi connectivity index (χ1) is 7.10. The van der Waals surface area contributed by atoms with Gasteiger partial charge in [0, 0.05) is 0 Å². The van der Waals surface area contributed by atoms with Crippen LogP contribution in [0.3, 0.4) is 0 Å². The summed E-state index contributed by atoms with van der Waals surface area (Å²) in [5.41, 5.74) is 5.61. The van der Waals surface area contributed by atoms with Gasteiger partial charge in [-0.1, -0.05) is 30.7 Å². The molecule has 0 aliphatic rings. The summed E-state index contributed by atoms with van der Waals surface area (Å²) in [5, 5.41) is 0. The molecule has 0 aromatic rings. The lowest BCUT2D eigenvalue weighted by atomic mass is 9.95. The van der Waals surface area contributed by atoms with E-state index in [-0.39, 0.29) is 0 Å². The van der Waals surface area contributed by atoms with E-state index in [4.69, 9.17) is 0 Å². The highest BCUT2D eigenvalue weighted by molar-refractivity contribution is 5.00. The molecule has 1 atom stereocenters. The van der Waals surface area contributed by atoms with Gasteiger partial charge in [-0.15, -0.1) is 12.3 Å². The van der Waals surface area contributed by atoms with Gasteiger partial charge in [-0.05, 0) is 51.5 Å². The maximum atomic E-state index is 3.95. The summed E-state index contributed by atoms with van der Waals surface area (Å²) in [4.78, 5) is 0. The molecular formula is C15H24. The molecule has 0 N–H and O–H groups in total. The van der Waals surface area contributed by atoms with E-state index in [9.17, 15) is 0 Å². The maximum Gasteiger partial charge on any atom is -0.0118 e. The van der Waals surface area contributed by atoms with E-state index in [2.05, 4.69) is 51.8 Å². The first-order valence-corrected chi connectivity index (χ1v) is 5.76. The Hall–Kier alpha value is -1.00. The van der Waals surface area contributed by atoms with E-state index in [1.165, 1.54) is 17.6 Å². The highest BCUT2D eigenvalue weighted by Crippen LogP contribution is 2.18. The predicted octanol–water partition coefficient (Wildman–Crippen LogP) is 5.05. The quantitative estimate of drug-likeness (QED) is 0.402. The molecule has 0 saturated carbocycles. The molecule has 0 aliphatic heterocycles. The number of allylic oxidation sites excluding steroid dienone is 4. The second kappa shape index (κ2) is 8.32. The molecule has 0 radical (unpaired) electrons. The number of hydrogen-bond acceptors (Lipinski definition) is 0. The van der Waals surface area contributed by atoms with Gasteiger partial charge in [0.2, 0.25) is 0 Å². The summed E-state index contributed by atoms with van der Waals surface area (Å²) in [6.07, 6.45) is 8.94. The van der Waals surface area contributed by atoms with Gasteiger partial charge in [-0.25, -0.2) is 0 Å². The largest absolute Gasteiger partial charge is 0.133 e. The van der Waals surface area contributed by atoms with Crippen molar-refractivity contribution in [3.05, 3.63) is 42.2 Å². The van der Waals surface area contributed by atoms with Crippen LogP contribution < -0.4 is 0 Å². The second-order valence-corrected chi connectivity index (χ2v) is 4.27. The molecule has 0 nitrogen and oxygen atoms in total. The minimum atomic E-state index is 0.556. The fraction of sp³-hybridized carbons (Fsp3) is 0.533. The van der Waals surface area contributed by atoms with Crippen molar-refractivity contribution in [2.75, 3.05) is 0 Å². The third-order valence-corrected chi connectivity index (χ3v) is 2.55. The van der Waals surface area contributed by atoms with Crippen LogP contribution in [-0.4, -0.2) is 0 Å². The van der Waals surface area contributed by atoms with Gasteiger partial charge in [0.1, 0.15) is 0 Å². The van der Waals surface area contributed by atoms with E-state index in [1.54, 1.807) is 0 Å². The number of rotatable bonds is 7. The lowest BCUT2D eigenvalue weighted by Gasteiger charge is -2.10. The van der Waals surface area contributed by atoms with Crippen LogP contribution in [0.5, 0.6) is 0 Å². The highest BCUT2D eigenvalue weighted by atomic mass is 14.1. The molecular weight excluding hydrogens is 180 g/mol. The normalized spacial score (nSPS) is 13.1. The average molecular weight is 204 g/mol. The Bertz CT molecular complexity index is 262. The van der Waals surface area contributed by atoms with Gasteiger partial charge in [0.05, 0.1) is 0 Å². The molecule has 0 amide bonds. The van der Waals surface area contributed by atoms with Crippen molar-refractivity contribution in [3.63, 3.8) is 0 Å². The summed E-state index contributed by atoms with van der Waals surface area (Å²) in [6.45, 7) is 14.1. The molecule has 84 valence electrons. The van der Waals surface area contributed by atoms with Crippen LogP contribution >= 0.6 is 0 Å². The monoisotopic (exact) mass is 204 g/mol. The predicted molar refractivity (Wildman–Crippen MR) is 69.9 cm³/mol. The molecule has 1 unspecified atom stereocenters. The molecule has 0 aromatic heterocycles. The van der Waals surface area contributed by atoms with Gasteiger partial charge < -0.3 is 0 Å². The van der Waals surface area contributed by atoms with Crippen LogP contribution in [0.15, 0.2) is 42.2 Å². The summed E-state index contributed by atoms with van der Waals surface area (Å²) in [7, 11) is 0. The minimum Gasteiger partial charge on any atom is -0.133 e. The molecule has 0 saturated heterocycles. The topological polar surface area (TPSA) is 0 Å². The third-order valence-electron chi connectivity index (χ3n) is 2.55. The Labute approximate surface area is 95.1 Å². The fourth-order valence-corrected chi connectivity index (χ4v) is 1.55. The molecule has 0 heterocycles. The van der Waals surface area contributed by atoms with Crippen molar-refractivity contribution in [1.82, 2.24) is 0 Å². The van der Waals surface area contributed by atoms with Crippen molar-refractivity contribution in [2.45, 2.75) is 46.5 Å². The van der Waals surface area contributed by atoms with Crippen LogP contribution in [0.2, 0.25) is 0 Å². The summed E-state index contributed by atoms with van der Waals surface area (Å²) in [5.74, 6) is 0.556. The summed E-state index contributed by atoms with van der Waals surface area (Å²) in [6, 6.07) is 0. The molecule has 0 fully saturated rings. The van der Waals surface area contributed by atoms with Crippen LogP contribution in [0.4, 0.5) is 0 Å². The zero-order chi connectivity index (χ0) is 11.7. The van der Waals surface area contributed by atoms with Crippen LogP contribution in [-0.2, 0) is 0 Å². The van der Waals surface area contributed by atoms with Gasteiger partial charge in [0.15, 0.2) is 0 Å². The van der Waals surface area contributed by atoms with Crippen LogP contribution in [0.25, 0.3) is 0 Å². The van der Waals surface area contributed by atoms with Crippen molar-refractivity contribution in [3.8, 4) is 0 Å². The van der Waals surface area contributed by atoms with E-state index < -0.39 is 0 Å². The van der Waals surface area contributed by atoms with Gasteiger partial charge in [-0.2, -0.15) is 0 Å². The van der Waals surface area contributed by atoms with E-state index in [1.807, 2.05) is 0 Å². The Morgan fingerprint density at radius 1 is 1.40 bits per heavy atom. The minimum absolute atomic E-state index is 0.556. The van der Waals surface area contributed by atoms with Gasteiger partial charge in [0.25, 0.3) is 0 Å². The Morgan fingerprint density at radius 3 is 2.53 bits per heavy atom. The zero-order valence-corrected chi connectivity index (χ0v) is 10.5. The van der Waals surface area contributed by atoms with E-state index in [0.717, 1.165) is 19.3 Å². The van der Waals surface area contributed by atoms with Crippen molar-refractivity contribution in [1.29, 1.82) is 0 Å². The first kappa shape index (κ1) is 14.0. The second-order valence-electron chi connectivity index (χ2n) is 4.27. The molecule has 15 heavy (non-hydrogen) atoms. The van der Waals surface area contributed by atoms with E-state index in [0.29, 0.717) is 5.92 Å². The van der Waals surface area contributed by atoms with Crippen molar-refractivity contribution >= 4 is 0 Å². The first-order valence-electron chi connectivity index (χ1n) is 5.76. The SMILES string of the molecule is C=C=CC(CCC=C(C)CC)CC(=C)C. The van der Waals surface area contributed by atoms with Crippen molar-refractivity contribution in [2.24, 2.45) is 5.92 Å². The molecule has 0 aliphatic carbocycles. The Kier molecular flexibility index (Phi) is 7.77. The number of hydrogen-bond donors (Lipinski definition) is 0. The highest BCUT2D eigenvalue weighted by Gasteiger charge is 2.03. The molecule has 0 bridgehead atoms. The zero-order valence-electron chi connectivity index (χ0n) is 10.5. The molecule has 0 heteroatoms.